The molecule has 1 aliphatic rings. The van der Waals surface area contributed by atoms with Crippen LogP contribution in [0.5, 0.6) is 0 Å². The molecule has 8 nitrogen and oxygen atoms in total. The Kier molecular flexibility index (Phi) is 5.25. The summed E-state index contributed by atoms with van der Waals surface area (Å²) in [6.07, 6.45) is -4.83. The van der Waals surface area contributed by atoms with E-state index in [2.05, 4.69) is 5.32 Å². The minimum Gasteiger partial charge on any atom is -0.381 e. The van der Waals surface area contributed by atoms with Crippen molar-refractivity contribution in [2.24, 2.45) is 0 Å². The molecule has 1 N–H and O–H groups in total. The Morgan fingerprint density at radius 2 is 2.04 bits per heavy atom. The second kappa shape index (κ2) is 6.77. The first-order valence-corrected chi connectivity index (χ1v) is 8.66. The molecule has 1 fully saturated rings. The molecule has 140 valence electrons. The number of nitrogens with zero attached hydrogens (tertiary/aromatic N) is 1. The fourth-order valence-electron chi connectivity index (χ4n) is 2.13. The van der Waals surface area contributed by atoms with Crippen LogP contribution in [0.2, 0.25) is 0 Å². The Morgan fingerprint density at radius 1 is 1.40 bits per heavy atom. The lowest BCUT2D eigenvalue weighted by Crippen LogP contribution is -2.57. The number of nitro benzene ring substituents is 1. The Labute approximate surface area is 141 Å². The summed E-state index contributed by atoms with van der Waals surface area (Å²) < 4.78 is 72.5. The lowest BCUT2D eigenvalue weighted by molar-refractivity contribution is -0.385. The number of halogens is 3. The highest BCUT2D eigenvalue weighted by Crippen LogP contribution is 2.37. The minimum atomic E-state index is -4.83. The molecule has 1 aliphatic heterocycles. The van der Waals surface area contributed by atoms with Crippen LogP contribution in [0.1, 0.15) is 12.5 Å². The van der Waals surface area contributed by atoms with Gasteiger partial charge < -0.3 is 10.1 Å². The standard InChI is InChI=1S/C13H15F3N2O6S/c1-2-25(21,22)24-12(7-23-8-12)6-17-11-4-3-9(18(19)20)5-10(11)13(14,15)16/h3-5,17H,2,6-8H2,1H3. The summed E-state index contributed by atoms with van der Waals surface area (Å²) in [7, 11) is -3.83. The molecule has 0 spiro atoms. The first-order valence-electron chi connectivity index (χ1n) is 7.09. The first-order chi connectivity index (χ1) is 11.5. The van der Waals surface area contributed by atoms with E-state index in [1.165, 1.54) is 6.92 Å². The number of nitro groups is 1. The summed E-state index contributed by atoms with van der Waals surface area (Å²) >= 11 is 0. The number of anilines is 1. The Morgan fingerprint density at radius 3 is 2.48 bits per heavy atom. The molecule has 0 saturated carbocycles. The van der Waals surface area contributed by atoms with Crippen LogP contribution in [0.15, 0.2) is 18.2 Å². The SMILES string of the molecule is CCS(=O)(=O)OC1(CNc2ccc([N+](=O)[O-])cc2C(F)(F)F)COC1. The molecule has 0 amide bonds. The molecule has 0 aromatic heterocycles. The van der Waals surface area contributed by atoms with Crippen LogP contribution in [0, 0.1) is 10.1 Å². The maximum atomic E-state index is 13.1. The molecule has 0 atom stereocenters. The molecular formula is C13H15F3N2O6S. The molecule has 2 rings (SSSR count). The van der Waals surface area contributed by atoms with Crippen molar-refractivity contribution in [2.75, 3.05) is 30.8 Å². The lowest BCUT2D eigenvalue weighted by Gasteiger charge is -2.40. The van der Waals surface area contributed by atoms with Crippen molar-refractivity contribution in [1.29, 1.82) is 0 Å². The van der Waals surface area contributed by atoms with E-state index in [0.29, 0.717) is 6.07 Å². The average molecular weight is 384 g/mol. The molecule has 0 unspecified atom stereocenters. The zero-order valence-corrected chi connectivity index (χ0v) is 13.8. The summed E-state index contributed by atoms with van der Waals surface area (Å²) in [6.45, 7) is 0.891. The number of nitrogens with one attached hydrogen (secondary N) is 1. The van der Waals surface area contributed by atoms with Crippen molar-refractivity contribution in [2.45, 2.75) is 18.7 Å². The van der Waals surface area contributed by atoms with Crippen molar-refractivity contribution in [1.82, 2.24) is 0 Å². The van der Waals surface area contributed by atoms with E-state index in [1.54, 1.807) is 0 Å². The number of hydrogen-bond acceptors (Lipinski definition) is 7. The van der Waals surface area contributed by atoms with E-state index in [1.807, 2.05) is 0 Å². The van der Waals surface area contributed by atoms with Crippen molar-refractivity contribution >= 4 is 21.5 Å². The molecule has 12 heteroatoms. The topological polar surface area (TPSA) is 108 Å². The molecule has 0 aliphatic carbocycles. The van der Waals surface area contributed by atoms with Crippen LogP contribution in [0.4, 0.5) is 24.5 Å². The van der Waals surface area contributed by atoms with Gasteiger partial charge in [-0.3, -0.25) is 14.3 Å². The van der Waals surface area contributed by atoms with E-state index in [9.17, 15) is 31.7 Å². The third-order valence-corrected chi connectivity index (χ3v) is 4.82. The van der Waals surface area contributed by atoms with Gasteiger partial charge >= 0.3 is 6.18 Å². The van der Waals surface area contributed by atoms with Crippen LogP contribution < -0.4 is 5.32 Å². The van der Waals surface area contributed by atoms with Crippen molar-refractivity contribution in [3.8, 4) is 0 Å². The van der Waals surface area contributed by atoms with E-state index in [4.69, 9.17) is 8.92 Å². The molecule has 1 aromatic carbocycles. The number of ether oxygens (including phenoxy) is 1. The van der Waals surface area contributed by atoms with Gasteiger partial charge in [0.15, 0.2) is 5.60 Å². The van der Waals surface area contributed by atoms with Crippen molar-refractivity contribution in [3.05, 3.63) is 33.9 Å². The van der Waals surface area contributed by atoms with E-state index in [0.717, 1.165) is 12.1 Å². The normalized spacial score (nSPS) is 17.0. The fourth-order valence-corrected chi connectivity index (χ4v) is 2.94. The van der Waals surface area contributed by atoms with Gasteiger partial charge in [-0.2, -0.15) is 21.6 Å². The largest absolute Gasteiger partial charge is 0.418 e. The fraction of sp³-hybridized carbons (Fsp3) is 0.538. The smallest absolute Gasteiger partial charge is 0.381 e. The Hall–Kier alpha value is -1.92. The van der Waals surface area contributed by atoms with Gasteiger partial charge in [-0.15, -0.1) is 0 Å². The van der Waals surface area contributed by atoms with Crippen LogP contribution in [0.25, 0.3) is 0 Å². The van der Waals surface area contributed by atoms with Crippen molar-refractivity contribution in [3.63, 3.8) is 0 Å². The summed E-state index contributed by atoms with van der Waals surface area (Å²) in [5, 5.41) is 13.1. The first kappa shape index (κ1) is 19.4. The maximum absolute atomic E-state index is 13.1. The number of benzene rings is 1. The summed E-state index contributed by atoms with van der Waals surface area (Å²) in [6, 6.07) is 2.25. The van der Waals surface area contributed by atoms with Gasteiger partial charge in [0.1, 0.15) is 0 Å². The van der Waals surface area contributed by atoms with Crippen molar-refractivity contribution < 1.29 is 35.4 Å². The Bertz CT molecular complexity index is 762. The molecule has 0 bridgehead atoms. The predicted octanol–water partition coefficient (Wildman–Crippen LogP) is 2.16. The summed E-state index contributed by atoms with van der Waals surface area (Å²) in [5.74, 6) is -0.292. The number of hydrogen-bond donors (Lipinski definition) is 1. The molecule has 1 aromatic rings. The van der Waals surface area contributed by atoms with Crippen LogP contribution in [0.3, 0.4) is 0 Å². The Balaban J connectivity index is 2.23. The van der Waals surface area contributed by atoms with Crippen LogP contribution in [-0.4, -0.2) is 44.5 Å². The predicted molar refractivity (Wildman–Crippen MR) is 80.7 cm³/mol. The number of non-ortho nitro benzene ring substituents is 1. The zero-order valence-electron chi connectivity index (χ0n) is 13.0. The van der Waals surface area contributed by atoms with E-state index >= 15 is 0 Å². The van der Waals surface area contributed by atoms with Gasteiger partial charge in [-0.25, -0.2) is 0 Å². The molecule has 1 heterocycles. The quantitative estimate of drug-likeness (QED) is 0.436. The van der Waals surface area contributed by atoms with Gasteiger partial charge in [-0.05, 0) is 13.0 Å². The average Bonchev–Trinajstić information content (AvgIpc) is 2.48. The molecule has 25 heavy (non-hydrogen) atoms. The second-order valence-corrected chi connectivity index (χ2v) is 7.30. The van der Waals surface area contributed by atoms with Gasteiger partial charge in [0.25, 0.3) is 15.8 Å². The lowest BCUT2D eigenvalue weighted by atomic mass is 10.0. The van der Waals surface area contributed by atoms with Gasteiger partial charge in [0.2, 0.25) is 0 Å². The monoisotopic (exact) mass is 384 g/mol. The number of alkyl halides is 3. The van der Waals surface area contributed by atoms with Crippen LogP contribution >= 0.6 is 0 Å². The minimum absolute atomic E-state index is 0.104. The molecule has 1 saturated heterocycles. The highest BCUT2D eigenvalue weighted by Gasteiger charge is 2.44. The van der Waals surface area contributed by atoms with Gasteiger partial charge in [-0.1, -0.05) is 0 Å². The molecular weight excluding hydrogens is 369 g/mol. The summed E-state index contributed by atoms with van der Waals surface area (Å²) in [4.78, 5) is 9.73. The third-order valence-electron chi connectivity index (χ3n) is 3.51. The number of rotatable bonds is 7. The highest BCUT2D eigenvalue weighted by molar-refractivity contribution is 7.86. The van der Waals surface area contributed by atoms with Gasteiger partial charge in [0.05, 0.1) is 29.5 Å². The third kappa shape index (κ3) is 4.58. The summed E-state index contributed by atoms with van der Waals surface area (Å²) in [5.41, 5.74) is -3.65. The van der Waals surface area contributed by atoms with E-state index < -0.39 is 43.8 Å². The second-order valence-electron chi connectivity index (χ2n) is 5.44. The zero-order chi connectivity index (χ0) is 18.9. The highest BCUT2D eigenvalue weighted by atomic mass is 32.2. The maximum Gasteiger partial charge on any atom is 0.418 e. The van der Waals surface area contributed by atoms with E-state index in [-0.39, 0.29) is 25.5 Å². The van der Waals surface area contributed by atoms with Gasteiger partial charge in [0, 0.05) is 24.4 Å². The molecule has 0 radical (unpaired) electrons. The van der Waals surface area contributed by atoms with Crippen LogP contribution in [-0.2, 0) is 25.2 Å².